The second kappa shape index (κ2) is 7.29. The highest BCUT2D eigenvalue weighted by Crippen LogP contribution is 2.19. The van der Waals surface area contributed by atoms with Crippen LogP contribution in [0.25, 0.3) is 0 Å². The zero-order chi connectivity index (χ0) is 16.9. The molecule has 0 saturated carbocycles. The number of aromatic nitrogens is 2. The Kier molecular flexibility index (Phi) is 4.93. The molecule has 3 rings (SSSR count). The van der Waals surface area contributed by atoms with Crippen LogP contribution in [-0.4, -0.2) is 35.6 Å². The highest BCUT2D eigenvalue weighted by Gasteiger charge is 2.18. The topological polar surface area (TPSA) is 67.3 Å². The van der Waals surface area contributed by atoms with Gasteiger partial charge in [-0.05, 0) is 51.0 Å². The van der Waals surface area contributed by atoms with Gasteiger partial charge in [0, 0.05) is 25.0 Å². The molecule has 1 aliphatic rings. The van der Waals surface area contributed by atoms with E-state index in [0.717, 1.165) is 18.8 Å². The Hall–Kier alpha value is -2.63. The molecule has 126 valence electrons. The van der Waals surface area contributed by atoms with E-state index < -0.39 is 0 Å². The van der Waals surface area contributed by atoms with E-state index in [0.29, 0.717) is 29.5 Å². The number of rotatable bonds is 5. The smallest absolute Gasteiger partial charge is 0.259 e. The van der Waals surface area contributed by atoms with Gasteiger partial charge in [-0.3, -0.25) is 4.79 Å². The Balaban J connectivity index is 1.70. The fourth-order valence-electron chi connectivity index (χ4n) is 2.75. The molecule has 0 radical (unpaired) electrons. The molecule has 1 fully saturated rings. The summed E-state index contributed by atoms with van der Waals surface area (Å²) in [6.07, 6.45) is 3.95. The van der Waals surface area contributed by atoms with Gasteiger partial charge in [0.2, 0.25) is 5.95 Å². The van der Waals surface area contributed by atoms with Crippen molar-refractivity contribution >= 4 is 17.5 Å². The Labute approximate surface area is 141 Å². The second-order valence-corrected chi connectivity index (χ2v) is 5.77. The molecule has 1 N–H and O–H groups in total. The standard InChI is InChI=1S/C18H22N4O2/c1-3-24-15-8-6-14(7-9-15)21-17(23)16-12-19-18(20-13(16)2)22-10-4-5-11-22/h6-9,12H,3-5,10-11H2,1-2H3,(H,21,23). The molecule has 0 spiro atoms. The summed E-state index contributed by atoms with van der Waals surface area (Å²) in [5.41, 5.74) is 1.90. The Morgan fingerprint density at radius 1 is 1.25 bits per heavy atom. The van der Waals surface area contributed by atoms with Gasteiger partial charge in [-0.2, -0.15) is 0 Å². The van der Waals surface area contributed by atoms with Crippen molar-refractivity contribution in [1.29, 1.82) is 0 Å². The van der Waals surface area contributed by atoms with Gasteiger partial charge in [-0.25, -0.2) is 9.97 Å². The Bertz CT molecular complexity index is 709. The predicted molar refractivity (Wildman–Crippen MR) is 93.8 cm³/mol. The van der Waals surface area contributed by atoms with Crippen LogP contribution >= 0.6 is 0 Å². The molecule has 0 aliphatic carbocycles. The maximum absolute atomic E-state index is 12.4. The van der Waals surface area contributed by atoms with Gasteiger partial charge < -0.3 is 15.0 Å². The molecule has 6 nitrogen and oxygen atoms in total. The first-order chi connectivity index (χ1) is 11.7. The van der Waals surface area contributed by atoms with Crippen LogP contribution < -0.4 is 15.0 Å². The Morgan fingerprint density at radius 2 is 1.96 bits per heavy atom. The van der Waals surface area contributed by atoms with Crippen LogP contribution in [0.3, 0.4) is 0 Å². The Morgan fingerprint density at radius 3 is 2.58 bits per heavy atom. The maximum atomic E-state index is 12.4. The minimum absolute atomic E-state index is 0.204. The molecule has 6 heteroatoms. The number of nitrogens with zero attached hydrogens (tertiary/aromatic N) is 3. The molecule has 1 amide bonds. The first kappa shape index (κ1) is 16.2. The highest BCUT2D eigenvalue weighted by atomic mass is 16.5. The molecule has 0 atom stereocenters. The van der Waals surface area contributed by atoms with Crippen molar-refractivity contribution in [2.45, 2.75) is 26.7 Å². The summed E-state index contributed by atoms with van der Waals surface area (Å²) in [7, 11) is 0. The van der Waals surface area contributed by atoms with E-state index in [1.165, 1.54) is 12.8 Å². The summed E-state index contributed by atoms with van der Waals surface area (Å²) in [4.78, 5) is 23.4. The zero-order valence-electron chi connectivity index (χ0n) is 14.1. The molecule has 0 bridgehead atoms. The summed E-state index contributed by atoms with van der Waals surface area (Å²) < 4.78 is 5.39. The highest BCUT2D eigenvalue weighted by molar-refractivity contribution is 6.04. The molecule has 1 aromatic carbocycles. The number of carbonyl (C=O) groups is 1. The van der Waals surface area contributed by atoms with Crippen LogP contribution in [0.4, 0.5) is 11.6 Å². The lowest BCUT2D eigenvalue weighted by Crippen LogP contribution is -2.22. The molecule has 1 saturated heterocycles. The zero-order valence-corrected chi connectivity index (χ0v) is 14.1. The van der Waals surface area contributed by atoms with E-state index in [2.05, 4.69) is 20.2 Å². The molecule has 1 aromatic heterocycles. The van der Waals surface area contributed by atoms with Crippen molar-refractivity contribution in [3.8, 4) is 5.75 Å². The fourth-order valence-corrected chi connectivity index (χ4v) is 2.75. The number of hydrogen-bond donors (Lipinski definition) is 1. The first-order valence-corrected chi connectivity index (χ1v) is 8.30. The van der Waals surface area contributed by atoms with Gasteiger partial charge in [0.25, 0.3) is 5.91 Å². The summed E-state index contributed by atoms with van der Waals surface area (Å²) >= 11 is 0. The van der Waals surface area contributed by atoms with Crippen LogP contribution in [-0.2, 0) is 0 Å². The van der Waals surface area contributed by atoms with Crippen molar-refractivity contribution in [2.75, 3.05) is 29.9 Å². The van der Waals surface area contributed by atoms with Gasteiger partial charge in [0.1, 0.15) is 5.75 Å². The lowest BCUT2D eigenvalue weighted by molar-refractivity contribution is 0.102. The first-order valence-electron chi connectivity index (χ1n) is 8.30. The van der Waals surface area contributed by atoms with Crippen molar-refractivity contribution in [2.24, 2.45) is 0 Å². The number of benzene rings is 1. The van der Waals surface area contributed by atoms with E-state index in [9.17, 15) is 4.79 Å². The molecule has 0 unspecified atom stereocenters. The minimum atomic E-state index is -0.204. The molecule has 24 heavy (non-hydrogen) atoms. The lowest BCUT2D eigenvalue weighted by Gasteiger charge is -2.16. The lowest BCUT2D eigenvalue weighted by atomic mass is 10.2. The normalized spacial score (nSPS) is 13.8. The van der Waals surface area contributed by atoms with Crippen LogP contribution in [0.15, 0.2) is 30.5 Å². The van der Waals surface area contributed by atoms with E-state index in [4.69, 9.17) is 4.74 Å². The molecular weight excluding hydrogens is 304 g/mol. The van der Waals surface area contributed by atoms with E-state index in [1.807, 2.05) is 38.1 Å². The van der Waals surface area contributed by atoms with Gasteiger partial charge in [-0.15, -0.1) is 0 Å². The van der Waals surface area contributed by atoms with Crippen molar-refractivity contribution < 1.29 is 9.53 Å². The SMILES string of the molecule is CCOc1ccc(NC(=O)c2cnc(N3CCCC3)nc2C)cc1. The minimum Gasteiger partial charge on any atom is -0.494 e. The monoisotopic (exact) mass is 326 g/mol. The molecule has 2 heterocycles. The van der Waals surface area contributed by atoms with Gasteiger partial charge in [-0.1, -0.05) is 0 Å². The molecule has 1 aliphatic heterocycles. The summed E-state index contributed by atoms with van der Waals surface area (Å²) in [6.45, 7) is 6.36. The van der Waals surface area contributed by atoms with Crippen molar-refractivity contribution in [3.05, 3.63) is 41.7 Å². The van der Waals surface area contributed by atoms with Crippen molar-refractivity contribution in [3.63, 3.8) is 0 Å². The van der Waals surface area contributed by atoms with Crippen LogP contribution in [0.5, 0.6) is 5.75 Å². The number of amides is 1. The largest absolute Gasteiger partial charge is 0.494 e. The third-order valence-corrected chi connectivity index (χ3v) is 4.02. The maximum Gasteiger partial charge on any atom is 0.259 e. The number of aryl methyl sites for hydroxylation is 1. The number of nitrogens with one attached hydrogen (secondary N) is 1. The summed E-state index contributed by atoms with van der Waals surface area (Å²) in [5, 5.41) is 2.87. The summed E-state index contributed by atoms with van der Waals surface area (Å²) in [6, 6.07) is 7.30. The number of hydrogen-bond acceptors (Lipinski definition) is 5. The molecule has 2 aromatic rings. The van der Waals surface area contributed by atoms with Gasteiger partial charge >= 0.3 is 0 Å². The number of carbonyl (C=O) groups excluding carboxylic acids is 1. The molecular formula is C18H22N4O2. The number of anilines is 2. The fraction of sp³-hybridized carbons (Fsp3) is 0.389. The van der Waals surface area contributed by atoms with E-state index in [1.54, 1.807) is 6.20 Å². The van der Waals surface area contributed by atoms with Crippen LogP contribution in [0.1, 0.15) is 35.8 Å². The average molecular weight is 326 g/mol. The summed E-state index contributed by atoms with van der Waals surface area (Å²) in [5.74, 6) is 1.29. The second-order valence-electron chi connectivity index (χ2n) is 5.77. The van der Waals surface area contributed by atoms with Crippen LogP contribution in [0, 0.1) is 6.92 Å². The van der Waals surface area contributed by atoms with Crippen molar-refractivity contribution in [1.82, 2.24) is 9.97 Å². The van der Waals surface area contributed by atoms with Gasteiger partial charge in [0.15, 0.2) is 0 Å². The van der Waals surface area contributed by atoms with E-state index in [-0.39, 0.29) is 5.91 Å². The quantitative estimate of drug-likeness (QED) is 0.915. The third-order valence-electron chi connectivity index (χ3n) is 4.02. The third kappa shape index (κ3) is 3.64. The average Bonchev–Trinajstić information content (AvgIpc) is 3.11. The predicted octanol–water partition coefficient (Wildman–Crippen LogP) is 3.04. The van der Waals surface area contributed by atoms with Gasteiger partial charge in [0.05, 0.1) is 17.9 Å². The number of ether oxygens (including phenoxy) is 1. The van der Waals surface area contributed by atoms with Crippen LogP contribution in [0.2, 0.25) is 0 Å². The van der Waals surface area contributed by atoms with E-state index >= 15 is 0 Å².